The van der Waals surface area contributed by atoms with E-state index in [1.165, 1.54) is 12.8 Å². The molecule has 10 heteroatoms. The largest absolute Gasteiger partial charge is 1.00 e. The van der Waals surface area contributed by atoms with Gasteiger partial charge < -0.3 is 19.8 Å². The summed E-state index contributed by atoms with van der Waals surface area (Å²) in [6.07, 6.45) is 21.1. The van der Waals surface area contributed by atoms with Gasteiger partial charge in [-0.3, -0.25) is 4.55 Å². The van der Waals surface area contributed by atoms with Crippen molar-refractivity contribution in [2.24, 2.45) is 5.41 Å². The number of carbonyl (C=O) groups is 2. The van der Waals surface area contributed by atoms with Gasteiger partial charge in [0.2, 0.25) is 0 Å². The molecule has 0 aromatic heterocycles. The Hall–Kier alpha value is 0.850. The van der Waals surface area contributed by atoms with Gasteiger partial charge in [-0.1, -0.05) is 175 Å². The molecule has 0 bridgehead atoms. The van der Waals surface area contributed by atoms with Gasteiger partial charge in [0.15, 0.2) is 0 Å². The number of carboxylic acid groups (broad SMARTS) is 2. The summed E-state index contributed by atoms with van der Waals surface area (Å²) >= 11 is 0. The zero-order valence-corrected chi connectivity index (χ0v) is 34.2. The van der Waals surface area contributed by atoms with Crippen LogP contribution >= 0.6 is 0 Å². The van der Waals surface area contributed by atoms with Gasteiger partial charge in [-0.2, -0.15) is 8.42 Å². The molecule has 0 aliphatic carbocycles. The number of hydrogen-bond acceptors (Lipinski definition) is 6. The maximum absolute atomic E-state index is 13.0. The van der Waals surface area contributed by atoms with Crippen LogP contribution in [0.1, 0.15) is 194 Å². The Morgan fingerprint density at radius 3 is 0.955 bits per heavy atom. The van der Waals surface area contributed by atoms with Crippen LogP contribution in [0.25, 0.3) is 0 Å². The first-order chi connectivity index (χ1) is 20.1. The van der Waals surface area contributed by atoms with Crippen LogP contribution in [0, 0.1) is 5.41 Å². The van der Waals surface area contributed by atoms with Crippen LogP contribution < -0.4 is 69.3 Å². The Balaban J connectivity index is -0.00000840. The van der Waals surface area contributed by atoms with Crippen molar-refractivity contribution in [1.82, 2.24) is 0 Å². The van der Waals surface area contributed by atoms with Gasteiger partial charge in [-0.25, -0.2) is 0 Å². The summed E-state index contributed by atoms with van der Waals surface area (Å²) in [5, 5.41) is 25.7. The first-order valence-corrected chi connectivity index (χ1v) is 18.9. The number of carboxylic acids is 2. The second-order valence-electron chi connectivity index (χ2n) is 12.6. The van der Waals surface area contributed by atoms with E-state index < -0.39 is 38.6 Å². The van der Waals surface area contributed by atoms with Crippen molar-refractivity contribution in [2.45, 2.75) is 199 Å². The molecule has 0 fully saturated rings. The Morgan fingerprint density at radius 2 is 0.727 bits per heavy atom. The average molecular weight is 663 g/mol. The molecule has 250 valence electrons. The molecule has 44 heavy (non-hydrogen) atoms. The van der Waals surface area contributed by atoms with Crippen molar-refractivity contribution in [2.75, 3.05) is 0 Å². The average Bonchev–Trinajstić information content (AvgIpc) is 2.93. The summed E-state index contributed by atoms with van der Waals surface area (Å²) in [4.78, 5) is 25.7. The maximum atomic E-state index is 13.0. The monoisotopic (exact) mass is 662 g/mol. The first kappa shape index (κ1) is 49.2. The van der Waals surface area contributed by atoms with Gasteiger partial charge in [0, 0.05) is 11.4 Å². The number of rotatable bonds is 31. The summed E-state index contributed by atoms with van der Waals surface area (Å²) in [7, 11) is -5.33. The van der Waals surface area contributed by atoms with Gasteiger partial charge in [-0.15, -0.1) is 0 Å². The Kier molecular flexibility index (Phi) is 33.5. The van der Waals surface area contributed by atoms with E-state index in [1.54, 1.807) is 0 Å². The quantitative estimate of drug-likeness (QED) is 0.0679. The van der Waals surface area contributed by atoms with E-state index in [0.717, 1.165) is 103 Å². The van der Waals surface area contributed by atoms with E-state index in [9.17, 15) is 32.8 Å². The molecule has 0 aliphatic heterocycles. The molecule has 1 unspecified atom stereocenters. The molecule has 0 heterocycles. The standard InChI is InChI=1S/C34H66O7S.2Na/c1-4-7-10-13-16-19-22-25-28-33(31(35)36,29-26-23-20-17-14-11-8-5-2)34(32(37)38,42(39,40)41)30-27-24-21-18-15-12-9-6-3;;/h4-30H2,1-3H3,(H,35,36)(H,37,38)(H,39,40,41);;/q;2*+1/p-2. The van der Waals surface area contributed by atoms with Crippen LogP contribution in [0.4, 0.5) is 0 Å². The zero-order valence-electron chi connectivity index (χ0n) is 29.4. The van der Waals surface area contributed by atoms with Crippen LogP contribution in [0.5, 0.6) is 0 Å². The molecule has 0 aromatic carbocycles. The molecule has 0 aromatic rings. The minimum atomic E-state index is -5.33. The SMILES string of the molecule is CCCCCCCCCCC(CCCCCCCCCC)(C(=O)[O-])C(CCCCCCCCCC)(C(=O)[O-])S(=O)(=O)O.[Na+].[Na+]. The van der Waals surface area contributed by atoms with Crippen LogP contribution in [0.15, 0.2) is 0 Å². The fraction of sp³-hybridized carbons (Fsp3) is 0.941. The molecular weight excluding hydrogens is 598 g/mol. The third kappa shape index (κ3) is 18.4. The zero-order chi connectivity index (χ0) is 31.7. The molecule has 1 atom stereocenters. The minimum Gasteiger partial charge on any atom is -0.549 e. The molecule has 0 radical (unpaired) electrons. The molecule has 0 saturated heterocycles. The number of hydrogen-bond donors (Lipinski definition) is 1. The number of carbonyl (C=O) groups excluding carboxylic acids is 2. The topological polar surface area (TPSA) is 135 Å². The molecule has 0 saturated carbocycles. The third-order valence-electron chi connectivity index (χ3n) is 9.23. The van der Waals surface area contributed by atoms with E-state index in [2.05, 4.69) is 20.8 Å². The first-order valence-electron chi connectivity index (χ1n) is 17.5. The van der Waals surface area contributed by atoms with Crippen molar-refractivity contribution < 1.29 is 91.9 Å². The Labute approximate surface area is 315 Å². The van der Waals surface area contributed by atoms with Gasteiger partial charge in [0.1, 0.15) is 4.75 Å². The van der Waals surface area contributed by atoms with E-state index >= 15 is 0 Å². The van der Waals surface area contributed by atoms with Gasteiger partial charge in [-0.05, 0) is 19.3 Å². The number of aliphatic carboxylic acids is 2. The van der Waals surface area contributed by atoms with Crippen molar-refractivity contribution in [3.8, 4) is 0 Å². The van der Waals surface area contributed by atoms with Gasteiger partial charge in [0.25, 0.3) is 10.1 Å². The second kappa shape index (κ2) is 29.9. The Morgan fingerprint density at radius 1 is 0.477 bits per heavy atom. The molecule has 0 aliphatic rings. The number of unbranched alkanes of at least 4 members (excludes halogenated alkanes) is 21. The summed E-state index contributed by atoms with van der Waals surface area (Å²) in [6.45, 7) is 6.44. The van der Waals surface area contributed by atoms with Crippen molar-refractivity contribution in [3.63, 3.8) is 0 Å². The van der Waals surface area contributed by atoms with Crippen LogP contribution in [0.3, 0.4) is 0 Å². The van der Waals surface area contributed by atoms with E-state index in [4.69, 9.17) is 0 Å². The van der Waals surface area contributed by atoms with Gasteiger partial charge in [0.05, 0.1) is 5.97 Å². The molecule has 0 rings (SSSR count). The maximum Gasteiger partial charge on any atom is 1.00 e. The molecule has 7 nitrogen and oxygen atoms in total. The summed E-state index contributed by atoms with van der Waals surface area (Å²) in [5.74, 6) is -3.72. The second-order valence-corrected chi connectivity index (χ2v) is 14.3. The molecule has 0 amide bonds. The summed E-state index contributed by atoms with van der Waals surface area (Å²) in [6, 6.07) is 0. The van der Waals surface area contributed by atoms with Crippen molar-refractivity contribution in [1.29, 1.82) is 0 Å². The van der Waals surface area contributed by atoms with E-state index in [1.807, 2.05) is 0 Å². The molecule has 0 spiro atoms. The van der Waals surface area contributed by atoms with Crippen LogP contribution in [0.2, 0.25) is 0 Å². The molecular formula is C34H64Na2O7S. The van der Waals surface area contributed by atoms with Crippen molar-refractivity contribution >= 4 is 22.1 Å². The van der Waals surface area contributed by atoms with Gasteiger partial charge >= 0.3 is 59.1 Å². The minimum absolute atomic E-state index is 0. The third-order valence-corrected chi connectivity index (χ3v) is 10.9. The van der Waals surface area contributed by atoms with Crippen LogP contribution in [-0.2, 0) is 19.7 Å². The normalized spacial score (nSPS) is 13.1. The van der Waals surface area contributed by atoms with E-state index in [-0.39, 0.29) is 78.4 Å². The van der Waals surface area contributed by atoms with Crippen LogP contribution in [-0.4, -0.2) is 29.7 Å². The predicted molar refractivity (Wildman–Crippen MR) is 168 cm³/mol. The smallest absolute Gasteiger partial charge is 0.549 e. The molecule has 1 N–H and O–H groups in total. The fourth-order valence-corrected chi connectivity index (χ4v) is 7.94. The van der Waals surface area contributed by atoms with E-state index in [0.29, 0.717) is 32.1 Å². The Bertz CT molecular complexity index is 787. The van der Waals surface area contributed by atoms with Crippen molar-refractivity contribution in [3.05, 3.63) is 0 Å². The predicted octanol–water partition coefficient (Wildman–Crippen LogP) is 1.70. The fourth-order valence-electron chi connectivity index (χ4n) is 6.54. The summed E-state index contributed by atoms with van der Waals surface area (Å²) in [5.41, 5.74) is -2.25. The summed E-state index contributed by atoms with van der Waals surface area (Å²) < 4.78 is 33.6.